The molecule has 0 fully saturated rings. The number of alkyl halides is 2. The van der Waals surface area contributed by atoms with Gasteiger partial charge in [-0.15, -0.1) is 23.2 Å². The first-order valence-electron chi connectivity index (χ1n) is 3.86. The molecule has 0 saturated heterocycles. The van der Waals surface area contributed by atoms with Gasteiger partial charge in [-0.2, -0.15) is 0 Å². The number of carbonyl (C=O) groups is 1. The summed E-state index contributed by atoms with van der Waals surface area (Å²) in [7, 11) is 0. The molecule has 0 aliphatic rings. The van der Waals surface area contributed by atoms with Crippen LogP contribution in [0.2, 0.25) is 0 Å². The fourth-order valence-electron chi connectivity index (χ4n) is 0.354. The Balaban J connectivity index is -0.000000105. The van der Waals surface area contributed by atoms with E-state index in [-0.39, 0.29) is 5.34 Å². The van der Waals surface area contributed by atoms with Gasteiger partial charge in [0, 0.05) is 5.97 Å². The third kappa shape index (κ3) is 196. The zero-order valence-corrected chi connectivity index (χ0v) is 9.41. The monoisotopic (exact) mass is 215 g/mol. The fraction of sp³-hybridized carbons (Fsp3) is 0.875. The van der Waals surface area contributed by atoms with E-state index in [0.717, 1.165) is 6.92 Å². The fourth-order valence-corrected chi connectivity index (χ4v) is 0.354. The number of unbranched alkanes of at least 4 members (excludes halogenated alkanes) is 2. The van der Waals surface area contributed by atoms with E-state index in [1.54, 1.807) is 0 Å². The lowest BCUT2D eigenvalue weighted by Gasteiger charge is -1.79. The maximum absolute atomic E-state index is 8.89. The quantitative estimate of drug-likeness (QED) is 0.665. The van der Waals surface area contributed by atoms with Gasteiger partial charge in [0.15, 0.2) is 0 Å². The van der Waals surface area contributed by atoms with Crippen LogP contribution in [0.1, 0.15) is 40.0 Å². The maximum atomic E-state index is 8.89. The van der Waals surface area contributed by atoms with Gasteiger partial charge in [0.1, 0.15) is 0 Å². The minimum atomic E-state index is -1.08. The van der Waals surface area contributed by atoms with Gasteiger partial charge < -0.3 is 9.90 Å². The highest BCUT2D eigenvalue weighted by Gasteiger charge is 1.68. The van der Waals surface area contributed by atoms with Crippen LogP contribution in [0.3, 0.4) is 0 Å². The molecule has 12 heavy (non-hydrogen) atoms. The lowest BCUT2D eigenvalue weighted by atomic mass is 10.3. The number of hydrogen-bond donors (Lipinski definition) is 0. The molecule has 0 amide bonds. The Hall–Kier alpha value is 0.0500. The lowest BCUT2D eigenvalue weighted by molar-refractivity contribution is -0.302. The van der Waals surface area contributed by atoms with Crippen LogP contribution in [-0.4, -0.2) is 11.3 Å². The molecule has 0 aromatic carbocycles. The van der Waals surface area contributed by atoms with Crippen molar-refractivity contribution in [3.63, 3.8) is 0 Å². The van der Waals surface area contributed by atoms with Crippen molar-refractivity contribution < 1.29 is 9.90 Å². The van der Waals surface area contributed by atoms with Crippen molar-refractivity contribution in [3.05, 3.63) is 0 Å². The van der Waals surface area contributed by atoms with Crippen molar-refractivity contribution >= 4 is 29.2 Å². The zero-order chi connectivity index (χ0) is 10.4. The van der Waals surface area contributed by atoms with E-state index < -0.39 is 5.97 Å². The molecule has 0 aromatic rings. The van der Waals surface area contributed by atoms with E-state index in [9.17, 15) is 0 Å². The number of carboxylic acid groups (broad SMARTS) is 1. The van der Waals surface area contributed by atoms with Crippen molar-refractivity contribution in [2.45, 2.75) is 40.0 Å². The second-order valence-corrected chi connectivity index (χ2v) is 2.75. The standard InChI is InChI=1S/C5H12.C2H4O2.CH2Cl2/c1-3-5-4-2;1-2(3)4;2-1-3/h3-5H2,1-2H3;1H3,(H,3,4);1H2/p-1. The highest BCUT2D eigenvalue weighted by atomic mass is 35.5. The Morgan fingerprint density at radius 1 is 1.25 bits per heavy atom. The second-order valence-electron chi connectivity index (χ2n) is 1.95. The summed E-state index contributed by atoms with van der Waals surface area (Å²) in [5, 5.41) is 9.08. The molecule has 0 bridgehead atoms. The molecule has 0 aliphatic carbocycles. The molecule has 0 radical (unpaired) electrons. The molecular weight excluding hydrogens is 199 g/mol. The van der Waals surface area contributed by atoms with Crippen LogP contribution in [0.5, 0.6) is 0 Å². The molecule has 0 aromatic heterocycles. The number of rotatable bonds is 2. The van der Waals surface area contributed by atoms with E-state index in [4.69, 9.17) is 33.1 Å². The summed E-state index contributed by atoms with van der Waals surface area (Å²) in [4.78, 5) is 8.89. The largest absolute Gasteiger partial charge is 0.550 e. The number of aliphatic carboxylic acids is 1. The van der Waals surface area contributed by atoms with Crippen LogP contribution in [0.25, 0.3) is 0 Å². The SMILES string of the molecule is CC(=O)[O-].CCCCC.ClCCl. The minimum Gasteiger partial charge on any atom is -0.550 e. The van der Waals surface area contributed by atoms with Crippen molar-refractivity contribution in [2.24, 2.45) is 0 Å². The summed E-state index contributed by atoms with van der Waals surface area (Å²) < 4.78 is 0. The molecule has 0 unspecified atom stereocenters. The molecule has 0 spiro atoms. The molecular formula is C8H17Cl2O2-. The van der Waals surface area contributed by atoms with Gasteiger partial charge >= 0.3 is 0 Å². The molecule has 0 rings (SSSR count). The lowest BCUT2D eigenvalue weighted by Crippen LogP contribution is -2.16. The summed E-state index contributed by atoms with van der Waals surface area (Å²) in [6.45, 7) is 5.40. The van der Waals surface area contributed by atoms with Gasteiger partial charge in [-0.05, 0) is 6.92 Å². The van der Waals surface area contributed by atoms with E-state index in [1.807, 2.05) is 0 Å². The number of halogens is 2. The van der Waals surface area contributed by atoms with Crippen LogP contribution in [0, 0.1) is 0 Å². The van der Waals surface area contributed by atoms with Crippen molar-refractivity contribution in [3.8, 4) is 0 Å². The van der Waals surface area contributed by atoms with Gasteiger partial charge in [0.2, 0.25) is 0 Å². The summed E-state index contributed by atoms with van der Waals surface area (Å²) in [6, 6.07) is 0. The first kappa shape index (κ1) is 18.0. The second kappa shape index (κ2) is 22.5. The Kier molecular flexibility index (Phi) is 33.6. The average Bonchev–Trinajstić information content (AvgIpc) is 1.89. The number of carbonyl (C=O) groups excluding carboxylic acids is 1. The molecule has 0 atom stereocenters. The topological polar surface area (TPSA) is 40.1 Å². The highest BCUT2D eigenvalue weighted by Crippen LogP contribution is 1.88. The first-order valence-corrected chi connectivity index (χ1v) is 4.93. The van der Waals surface area contributed by atoms with E-state index in [2.05, 4.69) is 13.8 Å². The highest BCUT2D eigenvalue weighted by molar-refractivity contribution is 6.40. The summed E-state index contributed by atoms with van der Waals surface area (Å²) in [6.07, 6.45) is 4.08. The van der Waals surface area contributed by atoms with Crippen molar-refractivity contribution in [2.75, 3.05) is 5.34 Å². The molecule has 0 saturated carbocycles. The molecule has 2 nitrogen and oxygen atoms in total. The Labute approximate surface area is 84.9 Å². The Morgan fingerprint density at radius 2 is 1.42 bits per heavy atom. The van der Waals surface area contributed by atoms with Gasteiger partial charge in [-0.3, -0.25) is 0 Å². The minimum absolute atomic E-state index is 0.194. The van der Waals surface area contributed by atoms with Gasteiger partial charge in [-0.1, -0.05) is 33.1 Å². The summed E-state index contributed by atoms with van der Waals surface area (Å²) in [5.41, 5.74) is 0. The van der Waals surface area contributed by atoms with Gasteiger partial charge in [-0.25, -0.2) is 0 Å². The Bertz CT molecular complexity index is 71.5. The summed E-state index contributed by atoms with van der Waals surface area (Å²) in [5.74, 6) is -1.08. The Morgan fingerprint density at radius 3 is 1.42 bits per heavy atom. The van der Waals surface area contributed by atoms with Crippen LogP contribution >= 0.6 is 23.2 Å². The van der Waals surface area contributed by atoms with Crippen molar-refractivity contribution in [1.29, 1.82) is 0 Å². The first-order chi connectivity index (χ1) is 5.56. The summed E-state index contributed by atoms with van der Waals surface area (Å²) >= 11 is 9.53. The number of carboxylic acids is 1. The van der Waals surface area contributed by atoms with Crippen LogP contribution in [-0.2, 0) is 4.79 Å². The van der Waals surface area contributed by atoms with E-state index in [1.165, 1.54) is 19.3 Å². The van der Waals surface area contributed by atoms with E-state index in [0.29, 0.717) is 0 Å². The van der Waals surface area contributed by atoms with Gasteiger partial charge in [0.05, 0.1) is 5.34 Å². The molecule has 76 valence electrons. The van der Waals surface area contributed by atoms with Crippen molar-refractivity contribution in [1.82, 2.24) is 0 Å². The predicted molar refractivity (Wildman–Crippen MR) is 52.5 cm³/mol. The average molecular weight is 216 g/mol. The normalized spacial score (nSPS) is 7.08. The number of hydrogen-bond acceptors (Lipinski definition) is 2. The zero-order valence-electron chi connectivity index (χ0n) is 7.90. The smallest absolute Gasteiger partial charge is 0.0967 e. The van der Waals surface area contributed by atoms with E-state index >= 15 is 0 Å². The predicted octanol–water partition coefficient (Wildman–Crippen LogP) is 2.37. The molecule has 4 heteroatoms. The van der Waals surface area contributed by atoms with Crippen LogP contribution in [0.15, 0.2) is 0 Å². The van der Waals surface area contributed by atoms with Crippen LogP contribution < -0.4 is 5.11 Å². The van der Waals surface area contributed by atoms with Crippen LogP contribution in [0.4, 0.5) is 0 Å². The molecule has 0 heterocycles. The molecule has 0 N–H and O–H groups in total. The third-order valence-electron chi connectivity index (χ3n) is 0.707. The maximum Gasteiger partial charge on any atom is 0.0967 e. The third-order valence-corrected chi connectivity index (χ3v) is 0.707. The van der Waals surface area contributed by atoms with Gasteiger partial charge in [0.25, 0.3) is 0 Å². The molecule has 0 aliphatic heterocycles.